The molecule has 0 aliphatic carbocycles. The molecule has 0 aliphatic rings. The molecule has 0 atom stereocenters. The molecule has 1 radical (unpaired) electrons. The zero-order chi connectivity index (χ0) is 9.11. The van der Waals surface area contributed by atoms with Crippen molar-refractivity contribution >= 4 is 0 Å². The Balaban J connectivity index is -0.000000142. The molecule has 0 fully saturated rings. The minimum atomic E-state index is -0.167. The zero-order valence-corrected chi connectivity index (χ0v) is 11.4. The van der Waals surface area contributed by atoms with Crippen LogP contribution in [0.4, 0.5) is 0 Å². The Kier molecular flexibility index (Phi) is 28.0. The minimum absolute atomic E-state index is 0. The maximum absolute atomic E-state index is 8.29. The van der Waals surface area contributed by atoms with Crippen molar-refractivity contribution in [2.75, 3.05) is 6.61 Å². The molecule has 0 aromatic rings. The number of aliphatic hydroxyl groups excluding tert-OH is 2. The second kappa shape index (κ2) is 17.9. The third kappa shape index (κ3) is 43.9. The standard InChI is InChI=1S/C6H14O.C3H8O.Y/c1-2-3-4-5-6-7;1-3(2)4;/h7H,2-6H2,1H3;3-4H,1-2H3;. The van der Waals surface area contributed by atoms with E-state index >= 15 is 0 Å². The van der Waals surface area contributed by atoms with Gasteiger partial charge in [0.25, 0.3) is 0 Å². The summed E-state index contributed by atoms with van der Waals surface area (Å²) in [5.41, 5.74) is 0. The van der Waals surface area contributed by atoms with Crippen LogP contribution in [0.2, 0.25) is 0 Å². The largest absolute Gasteiger partial charge is 0.396 e. The first-order valence-electron chi connectivity index (χ1n) is 4.44. The summed E-state index contributed by atoms with van der Waals surface area (Å²) in [5, 5.41) is 16.3. The van der Waals surface area contributed by atoms with Crippen LogP contribution in [0, 0.1) is 0 Å². The number of aliphatic hydroxyl groups is 2. The summed E-state index contributed by atoms with van der Waals surface area (Å²) in [6.45, 7) is 5.97. The Morgan fingerprint density at radius 2 is 1.50 bits per heavy atom. The molecule has 73 valence electrons. The van der Waals surface area contributed by atoms with Crippen LogP contribution in [0.1, 0.15) is 46.5 Å². The van der Waals surface area contributed by atoms with Gasteiger partial charge in [0.15, 0.2) is 0 Å². The fourth-order valence-corrected chi connectivity index (χ4v) is 0.539. The summed E-state index contributed by atoms with van der Waals surface area (Å²) in [5.74, 6) is 0. The maximum atomic E-state index is 8.29. The van der Waals surface area contributed by atoms with Gasteiger partial charge in [-0.05, 0) is 20.3 Å². The monoisotopic (exact) mass is 251 g/mol. The van der Waals surface area contributed by atoms with Gasteiger partial charge in [0.1, 0.15) is 0 Å². The van der Waals surface area contributed by atoms with Gasteiger partial charge in [-0.3, -0.25) is 0 Å². The predicted molar refractivity (Wildman–Crippen MR) is 48.6 cm³/mol. The van der Waals surface area contributed by atoms with Gasteiger partial charge in [0, 0.05) is 45.4 Å². The van der Waals surface area contributed by atoms with Crippen LogP contribution in [0.3, 0.4) is 0 Å². The van der Waals surface area contributed by atoms with Gasteiger partial charge in [-0.25, -0.2) is 0 Å². The van der Waals surface area contributed by atoms with Crippen LogP contribution in [0.5, 0.6) is 0 Å². The van der Waals surface area contributed by atoms with Crippen molar-refractivity contribution in [3.05, 3.63) is 0 Å². The van der Waals surface area contributed by atoms with E-state index < -0.39 is 0 Å². The van der Waals surface area contributed by atoms with Crippen molar-refractivity contribution in [1.82, 2.24) is 0 Å². The first-order valence-corrected chi connectivity index (χ1v) is 4.44. The molecule has 2 N–H and O–H groups in total. The molecule has 2 nitrogen and oxygen atoms in total. The molecule has 0 amide bonds. The summed E-state index contributed by atoms with van der Waals surface area (Å²) in [6, 6.07) is 0. The minimum Gasteiger partial charge on any atom is -0.396 e. The molecule has 3 heteroatoms. The Labute approximate surface area is 102 Å². The zero-order valence-electron chi connectivity index (χ0n) is 8.58. The molecule has 0 unspecified atom stereocenters. The van der Waals surface area contributed by atoms with E-state index in [1.165, 1.54) is 19.3 Å². The van der Waals surface area contributed by atoms with Crippen molar-refractivity contribution in [2.45, 2.75) is 52.6 Å². The molecule has 12 heavy (non-hydrogen) atoms. The van der Waals surface area contributed by atoms with E-state index in [1.54, 1.807) is 13.8 Å². The molecule has 0 aromatic heterocycles. The molecule has 0 bridgehead atoms. The van der Waals surface area contributed by atoms with Crippen molar-refractivity contribution in [3.8, 4) is 0 Å². The van der Waals surface area contributed by atoms with Crippen LogP contribution in [0.25, 0.3) is 0 Å². The fraction of sp³-hybridized carbons (Fsp3) is 1.00. The van der Waals surface area contributed by atoms with Crippen molar-refractivity contribution in [2.24, 2.45) is 0 Å². The third-order valence-corrected chi connectivity index (χ3v) is 1.01. The molecule has 0 aromatic carbocycles. The fourth-order valence-electron chi connectivity index (χ4n) is 0.539. The van der Waals surface area contributed by atoms with Crippen molar-refractivity contribution in [1.29, 1.82) is 0 Å². The van der Waals surface area contributed by atoms with Crippen LogP contribution in [-0.4, -0.2) is 22.9 Å². The van der Waals surface area contributed by atoms with Crippen LogP contribution in [0.15, 0.2) is 0 Å². The number of unbranched alkanes of at least 4 members (excludes halogenated alkanes) is 3. The summed E-state index contributed by atoms with van der Waals surface area (Å²) >= 11 is 0. The normalized spacial score (nSPS) is 8.50. The quantitative estimate of drug-likeness (QED) is 0.750. The van der Waals surface area contributed by atoms with Crippen molar-refractivity contribution in [3.63, 3.8) is 0 Å². The molecule has 0 saturated carbocycles. The van der Waals surface area contributed by atoms with Gasteiger partial charge < -0.3 is 10.2 Å². The number of hydrogen-bond donors (Lipinski definition) is 2. The second-order valence-corrected chi connectivity index (χ2v) is 2.88. The second-order valence-electron chi connectivity index (χ2n) is 2.88. The van der Waals surface area contributed by atoms with E-state index in [1.807, 2.05) is 0 Å². The van der Waals surface area contributed by atoms with E-state index in [9.17, 15) is 0 Å². The molecule has 0 aliphatic heterocycles. The van der Waals surface area contributed by atoms with Crippen LogP contribution < -0.4 is 0 Å². The van der Waals surface area contributed by atoms with Gasteiger partial charge in [-0.15, -0.1) is 0 Å². The van der Waals surface area contributed by atoms with E-state index in [2.05, 4.69) is 6.92 Å². The molecular weight excluding hydrogens is 229 g/mol. The SMILES string of the molecule is CC(C)O.CCCCCCO.[Y]. The summed E-state index contributed by atoms with van der Waals surface area (Å²) in [7, 11) is 0. The van der Waals surface area contributed by atoms with Crippen molar-refractivity contribution < 1.29 is 42.9 Å². The van der Waals surface area contributed by atoms with E-state index in [4.69, 9.17) is 10.2 Å². The van der Waals surface area contributed by atoms with Gasteiger partial charge in [0.05, 0.1) is 0 Å². The van der Waals surface area contributed by atoms with E-state index in [0.717, 1.165) is 6.42 Å². The average molecular weight is 251 g/mol. The van der Waals surface area contributed by atoms with Crippen LogP contribution >= 0.6 is 0 Å². The third-order valence-electron chi connectivity index (χ3n) is 1.01. The smallest absolute Gasteiger partial charge is 0.0483 e. The summed E-state index contributed by atoms with van der Waals surface area (Å²) < 4.78 is 0. The number of rotatable bonds is 4. The average Bonchev–Trinajstić information content (AvgIpc) is 1.88. The first kappa shape index (κ1) is 18.7. The Hall–Kier alpha value is 1.02. The van der Waals surface area contributed by atoms with E-state index in [0.29, 0.717) is 6.61 Å². The maximum Gasteiger partial charge on any atom is 0.0483 e. The van der Waals surface area contributed by atoms with Gasteiger partial charge in [-0.1, -0.05) is 26.2 Å². The van der Waals surface area contributed by atoms with E-state index in [-0.39, 0.29) is 38.8 Å². The topological polar surface area (TPSA) is 40.5 Å². The first-order chi connectivity index (χ1) is 5.15. The van der Waals surface area contributed by atoms with Gasteiger partial charge in [0.2, 0.25) is 0 Å². The Morgan fingerprint density at radius 1 is 1.08 bits per heavy atom. The molecule has 0 spiro atoms. The Morgan fingerprint density at radius 3 is 1.75 bits per heavy atom. The molecule has 0 rings (SSSR count). The summed E-state index contributed by atoms with van der Waals surface area (Å²) in [6.07, 6.45) is 4.52. The molecule has 0 heterocycles. The molecular formula is C9H22O2Y. The van der Waals surface area contributed by atoms with Crippen LogP contribution in [-0.2, 0) is 32.7 Å². The number of hydrogen-bond acceptors (Lipinski definition) is 2. The molecule has 0 saturated heterocycles. The summed E-state index contributed by atoms with van der Waals surface area (Å²) in [4.78, 5) is 0. The predicted octanol–water partition coefficient (Wildman–Crippen LogP) is 1.94. The Bertz CT molecular complexity index is 51.7. The van der Waals surface area contributed by atoms with Gasteiger partial charge in [-0.2, -0.15) is 0 Å². The van der Waals surface area contributed by atoms with Gasteiger partial charge >= 0.3 is 0 Å².